The van der Waals surface area contributed by atoms with Crippen molar-refractivity contribution < 1.29 is 9.84 Å². The van der Waals surface area contributed by atoms with Crippen molar-refractivity contribution in [2.75, 3.05) is 6.61 Å². The van der Waals surface area contributed by atoms with Gasteiger partial charge < -0.3 is 15.2 Å². The number of hydrogen-bond acceptors (Lipinski definition) is 4. The number of aliphatic hydroxyl groups excluding tert-OH is 1. The number of ether oxygens (including phenoxy) is 1. The third-order valence-electron chi connectivity index (χ3n) is 2.37. The number of aryl methyl sites for hydroxylation is 1. The van der Waals surface area contributed by atoms with Gasteiger partial charge in [0, 0.05) is 7.05 Å². The van der Waals surface area contributed by atoms with Crippen LogP contribution in [0, 0.1) is 6.92 Å². The van der Waals surface area contributed by atoms with Crippen LogP contribution in [0.1, 0.15) is 17.6 Å². The van der Waals surface area contributed by atoms with Gasteiger partial charge in [-0.1, -0.05) is 11.6 Å². The minimum Gasteiger partial charge on any atom is -0.470 e. The molecule has 82 valence electrons. The van der Waals surface area contributed by atoms with Crippen LogP contribution in [0.5, 0.6) is 0 Å². The van der Waals surface area contributed by atoms with Crippen LogP contribution in [0.15, 0.2) is 12.0 Å². The Bertz CT molecular complexity index is 414. The summed E-state index contributed by atoms with van der Waals surface area (Å²) in [6.07, 6.45) is 1.07. The monoisotopic (exact) mass is 229 g/mol. The summed E-state index contributed by atoms with van der Waals surface area (Å²) in [5.74, 6) is 0. The number of aliphatic hydroxyl groups is 1. The molecular weight excluding hydrogens is 218 g/mol. The predicted molar refractivity (Wildman–Crippen MR) is 55.1 cm³/mol. The summed E-state index contributed by atoms with van der Waals surface area (Å²) in [6, 6.07) is 0. The van der Waals surface area contributed by atoms with Crippen molar-refractivity contribution in [1.82, 2.24) is 15.1 Å². The first kappa shape index (κ1) is 10.3. The Kier molecular flexibility index (Phi) is 2.58. The summed E-state index contributed by atoms with van der Waals surface area (Å²) in [5, 5.41) is 16.7. The van der Waals surface area contributed by atoms with E-state index in [4.69, 9.17) is 21.4 Å². The Hall–Kier alpha value is -1.20. The molecule has 0 spiro atoms. The minimum atomic E-state index is -0.403. The maximum Gasteiger partial charge on any atom is 0.215 e. The summed E-state index contributed by atoms with van der Waals surface area (Å²) in [5.41, 5.74) is 2.14. The number of nitrogens with one attached hydrogen (secondary N) is 1. The molecular formula is C9H12ClN3O2. The molecule has 0 amide bonds. The van der Waals surface area contributed by atoms with Crippen LogP contribution in [-0.4, -0.2) is 21.5 Å². The number of rotatable bonds is 2. The Morgan fingerprint density at radius 1 is 1.73 bits per heavy atom. The van der Waals surface area contributed by atoms with Crippen LogP contribution >= 0.6 is 11.6 Å². The van der Waals surface area contributed by atoms with Crippen LogP contribution in [0.4, 0.5) is 0 Å². The van der Waals surface area contributed by atoms with E-state index in [1.165, 1.54) is 6.26 Å². The third-order valence-corrected chi connectivity index (χ3v) is 2.83. The zero-order chi connectivity index (χ0) is 11.0. The van der Waals surface area contributed by atoms with Gasteiger partial charge >= 0.3 is 0 Å². The van der Waals surface area contributed by atoms with Gasteiger partial charge in [0.2, 0.25) is 6.23 Å². The van der Waals surface area contributed by atoms with Gasteiger partial charge in [-0.05, 0) is 6.92 Å². The fourth-order valence-corrected chi connectivity index (χ4v) is 1.64. The molecule has 1 unspecified atom stereocenters. The molecule has 1 atom stereocenters. The maximum atomic E-state index is 8.89. The molecule has 2 heterocycles. The smallest absolute Gasteiger partial charge is 0.215 e. The molecule has 5 nitrogen and oxygen atoms in total. The molecule has 2 rings (SSSR count). The first-order chi connectivity index (χ1) is 7.13. The average molecular weight is 230 g/mol. The topological polar surface area (TPSA) is 59.3 Å². The van der Waals surface area contributed by atoms with Gasteiger partial charge in [-0.25, -0.2) is 0 Å². The summed E-state index contributed by atoms with van der Waals surface area (Å²) < 4.78 is 6.99. The van der Waals surface area contributed by atoms with Crippen LogP contribution < -0.4 is 5.32 Å². The highest BCUT2D eigenvalue weighted by atomic mass is 35.5. The van der Waals surface area contributed by atoms with Gasteiger partial charge in [-0.2, -0.15) is 5.10 Å². The Morgan fingerprint density at radius 2 is 2.47 bits per heavy atom. The van der Waals surface area contributed by atoms with Crippen molar-refractivity contribution in [1.29, 1.82) is 0 Å². The maximum absolute atomic E-state index is 8.89. The van der Waals surface area contributed by atoms with Crippen LogP contribution in [0.3, 0.4) is 0 Å². The van der Waals surface area contributed by atoms with Gasteiger partial charge in [0.05, 0.1) is 23.0 Å². The van der Waals surface area contributed by atoms with E-state index in [0.29, 0.717) is 16.4 Å². The summed E-state index contributed by atoms with van der Waals surface area (Å²) >= 11 is 6.10. The first-order valence-electron chi connectivity index (χ1n) is 4.54. The predicted octanol–water partition coefficient (Wildman–Crippen LogP) is 0.834. The van der Waals surface area contributed by atoms with E-state index in [0.717, 1.165) is 5.69 Å². The highest BCUT2D eigenvalue weighted by molar-refractivity contribution is 6.31. The van der Waals surface area contributed by atoms with Crippen molar-refractivity contribution in [3.63, 3.8) is 0 Å². The van der Waals surface area contributed by atoms with E-state index >= 15 is 0 Å². The molecule has 0 fully saturated rings. The van der Waals surface area contributed by atoms with Crippen LogP contribution in [0.2, 0.25) is 5.02 Å². The molecule has 6 heteroatoms. The van der Waals surface area contributed by atoms with Crippen molar-refractivity contribution in [2.24, 2.45) is 7.05 Å². The normalized spacial score (nSPS) is 19.7. The first-order valence-corrected chi connectivity index (χ1v) is 4.92. The molecule has 0 saturated carbocycles. The SMILES string of the molecule is Cc1c(Cl)c(C2NC(CO)=CO2)nn1C. The van der Waals surface area contributed by atoms with E-state index in [1.54, 1.807) is 4.68 Å². The zero-order valence-electron chi connectivity index (χ0n) is 8.49. The Morgan fingerprint density at radius 3 is 2.93 bits per heavy atom. The number of nitrogens with zero attached hydrogens (tertiary/aromatic N) is 2. The van der Waals surface area contributed by atoms with E-state index in [9.17, 15) is 0 Å². The summed E-state index contributed by atoms with van der Waals surface area (Å²) in [6.45, 7) is 1.80. The van der Waals surface area contributed by atoms with Crippen molar-refractivity contribution in [3.05, 3.63) is 28.4 Å². The zero-order valence-corrected chi connectivity index (χ0v) is 9.25. The summed E-state index contributed by atoms with van der Waals surface area (Å²) in [7, 11) is 1.82. The second-order valence-corrected chi connectivity index (χ2v) is 3.75. The lowest BCUT2D eigenvalue weighted by Crippen LogP contribution is -2.18. The highest BCUT2D eigenvalue weighted by Crippen LogP contribution is 2.28. The molecule has 1 aromatic rings. The molecule has 0 bridgehead atoms. The summed E-state index contributed by atoms with van der Waals surface area (Å²) in [4.78, 5) is 0. The molecule has 2 N–H and O–H groups in total. The lowest BCUT2D eigenvalue weighted by Gasteiger charge is -2.09. The van der Waals surface area contributed by atoms with Gasteiger partial charge in [0.15, 0.2) is 0 Å². The lowest BCUT2D eigenvalue weighted by atomic mass is 10.3. The standard InChI is InChI=1S/C9H12ClN3O2/c1-5-7(10)8(12-13(5)2)9-11-6(3-14)4-15-9/h4,9,11,14H,3H2,1-2H3. The molecule has 0 aromatic carbocycles. The van der Waals surface area contributed by atoms with Crippen LogP contribution in [0.25, 0.3) is 0 Å². The Balaban J connectivity index is 2.22. The number of halogens is 1. The average Bonchev–Trinajstić information content (AvgIpc) is 2.79. The second kappa shape index (κ2) is 3.75. The van der Waals surface area contributed by atoms with Crippen molar-refractivity contribution in [3.8, 4) is 0 Å². The van der Waals surface area contributed by atoms with Gasteiger partial charge in [-0.15, -0.1) is 0 Å². The fourth-order valence-electron chi connectivity index (χ4n) is 1.38. The second-order valence-electron chi connectivity index (χ2n) is 3.37. The third kappa shape index (κ3) is 1.68. The molecule has 1 aliphatic rings. The number of aromatic nitrogens is 2. The van der Waals surface area contributed by atoms with Crippen molar-refractivity contribution >= 4 is 11.6 Å². The highest BCUT2D eigenvalue weighted by Gasteiger charge is 2.25. The van der Waals surface area contributed by atoms with E-state index in [1.807, 2.05) is 14.0 Å². The van der Waals surface area contributed by atoms with Gasteiger partial charge in [-0.3, -0.25) is 4.68 Å². The van der Waals surface area contributed by atoms with E-state index < -0.39 is 6.23 Å². The van der Waals surface area contributed by atoms with Gasteiger partial charge in [0.1, 0.15) is 12.0 Å². The van der Waals surface area contributed by atoms with Crippen molar-refractivity contribution in [2.45, 2.75) is 13.2 Å². The largest absolute Gasteiger partial charge is 0.470 e. The van der Waals surface area contributed by atoms with E-state index in [-0.39, 0.29) is 6.61 Å². The molecule has 15 heavy (non-hydrogen) atoms. The molecule has 1 aromatic heterocycles. The molecule has 0 radical (unpaired) electrons. The van der Waals surface area contributed by atoms with E-state index in [2.05, 4.69) is 10.4 Å². The van der Waals surface area contributed by atoms with Gasteiger partial charge in [0.25, 0.3) is 0 Å². The molecule has 0 aliphatic carbocycles. The molecule has 1 aliphatic heterocycles. The quantitative estimate of drug-likeness (QED) is 0.789. The minimum absolute atomic E-state index is 0.0834. The number of hydrogen-bond donors (Lipinski definition) is 2. The molecule has 0 saturated heterocycles. The Labute approximate surface area is 92.3 Å². The van der Waals surface area contributed by atoms with Crippen LogP contribution in [-0.2, 0) is 11.8 Å². The fraction of sp³-hybridized carbons (Fsp3) is 0.444. The lowest BCUT2D eigenvalue weighted by molar-refractivity contribution is 0.148.